The van der Waals surface area contributed by atoms with E-state index in [2.05, 4.69) is 26.5 Å². The van der Waals surface area contributed by atoms with Crippen molar-refractivity contribution in [1.29, 1.82) is 0 Å². The molecule has 0 unspecified atom stereocenters. The molecule has 1 amide bonds. The number of carbonyl (C=O) groups is 1. The molecule has 0 aliphatic carbocycles. The Balaban J connectivity index is 1.38. The highest BCUT2D eigenvalue weighted by atomic mass is 79.9. The van der Waals surface area contributed by atoms with E-state index in [4.69, 9.17) is 4.74 Å². The molecule has 0 aromatic heterocycles. The first-order chi connectivity index (χ1) is 14.2. The summed E-state index contributed by atoms with van der Waals surface area (Å²) in [5.74, 6) is 1.79. The van der Waals surface area contributed by atoms with Crippen LogP contribution in [0.2, 0.25) is 0 Å². The highest BCUT2D eigenvalue weighted by molar-refractivity contribution is 9.10. The largest absolute Gasteiger partial charge is 0.489 e. The predicted octanol–water partition coefficient (Wildman–Crippen LogP) is 5.41. The molecule has 148 valence electrons. The predicted molar refractivity (Wildman–Crippen MR) is 123 cm³/mol. The zero-order chi connectivity index (χ0) is 20.3. The van der Waals surface area contributed by atoms with E-state index in [1.54, 1.807) is 18.0 Å². The van der Waals surface area contributed by atoms with Crippen molar-refractivity contribution in [2.45, 2.75) is 12.4 Å². The van der Waals surface area contributed by atoms with Crippen LogP contribution in [0.4, 0.5) is 0 Å². The fourth-order valence-corrected chi connectivity index (χ4v) is 3.91. The Morgan fingerprint density at radius 2 is 1.72 bits per heavy atom. The number of rotatable bonds is 9. The van der Waals surface area contributed by atoms with Crippen LogP contribution in [-0.4, -0.2) is 17.9 Å². The Labute approximate surface area is 183 Å². The molecule has 0 saturated carbocycles. The van der Waals surface area contributed by atoms with Gasteiger partial charge in [-0.05, 0) is 47.0 Å². The van der Waals surface area contributed by atoms with Gasteiger partial charge in [-0.25, -0.2) is 5.43 Å². The minimum absolute atomic E-state index is 0.124. The molecule has 3 rings (SSSR count). The second-order valence-electron chi connectivity index (χ2n) is 6.22. The van der Waals surface area contributed by atoms with Crippen molar-refractivity contribution in [3.63, 3.8) is 0 Å². The van der Waals surface area contributed by atoms with Gasteiger partial charge in [0.25, 0.3) is 0 Å². The van der Waals surface area contributed by atoms with Gasteiger partial charge in [-0.3, -0.25) is 4.79 Å². The Bertz CT molecular complexity index is 947. The number of hydrazone groups is 1. The molecule has 4 nitrogen and oxygen atoms in total. The summed E-state index contributed by atoms with van der Waals surface area (Å²) in [5, 5.41) is 4.02. The van der Waals surface area contributed by atoms with E-state index in [-0.39, 0.29) is 5.91 Å². The number of halogens is 1. The van der Waals surface area contributed by atoms with Gasteiger partial charge in [0.15, 0.2) is 0 Å². The van der Waals surface area contributed by atoms with Crippen LogP contribution in [0.25, 0.3) is 0 Å². The maximum atomic E-state index is 11.9. The molecule has 0 heterocycles. The number of benzene rings is 3. The number of carbonyl (C=O) groups excluding carboxylic acids is 1. The third-order valence-electron chi connectivity index (χ3n) is 3.98. The van der Waals surface area contributed by atoms with E-state index >= 15 is 0 Å². The standard InChI is InChI=1S/C23H21BrN2O2S/c24-22-9-5-4-8-20(22)16-29-17-23(27)26-25-14-18-10-12-21(13-11-18)28-15-19-6-2-1-3-7-19/h1-14H,15-17H2,(H,26,27)/b25-14-. The van der Waals surface area contributed by atoms with Gasteiger partial charge >= 0.3 is 0 Å². The van der Waals surface area contributed by atoms with Gasteiger partial charge in [-0.2, -0.15) is 5.10 Å². The molecule has 0 radical (unpaired) electrons. The van der Waals surface area contributed by atoms with Crippen LogP contribution in [0.5, 0.6) is 5.75 Å². The van der Waals surface area contributed by atoms with Crippen LogP contribution in [0.15, 0.2) is 88.4 Å². The minimum atomic E-state index is -0.124. The number of thioether (sulfide) groups is 1. The molecule has 0 bridgehead atoms. The number of nitrogens with one attached hydrogen (secondary N) is 1. The lowest BCUT2D eigenvalue weighted by molar-refractivity contribution is -0.118. The van der Waals surface area contributed by atoms with E-state index in [1.165, 1.54) is 5.56 Å². The first-order valence-corrected chi connectivity index (χ1v) is 11.1. The normalized spacial score (nSPS) is 10.8. The third kappa shape index (κ3) is 7.40. The van der Waals surface area contributed by atoms with Gasteiger partial charge in [0, 0.05) is 10.2 Å². The molecule has 29 heavy (non-hydrogen) atoms. The van der Waals surface area contributed by atoms with Crippen LogP contribution in [0, 0.1) is 0 Å². The number of ether oxygens (including phenoxy) is 1. The van der Waals surface area contributed by atoms with Gasteiger partial charge < -0.3 is 4.74 Å². The molecule has 0 fully saturated rings. The monoisotopic (exact) mass is 468 g/mol. The van der Waals surface area contributed by atoms with Gasteiger partial charge in [-0.1, -0.05) is 64.5 Å². The summed E-state index contributed by atoms with van der Waals surface area (Å²) in [6, 6.07) is 25.6. The van der Waals surface area contributed by atoms with Crippen molar-refractivity contribution in [3.05, 3.63) is 100 Å². The molecule has 1 N–H and O–H groups in total. The summed E-state index contributed by atoms with van der Waals surface area (Å²) in [6.07, 6.45) is 1.62. The van der Waals surface area contributed by atoms with Crippen molar-refractivity contribution in [2.24, 2.45) is 5.10 Å². The van der Waals surface area contributed by atoms with Crippen molar-refractivity contribution in [3.8, 4) is 5.75 Å². The Kier molecular flexibility index (Phi) is 8.34. The topological polar surface area (TPSA) is 50.7 Å². The second kappa shape index (κ2) is 11.4. The smallest absolute Gasteiger partial charge is 0.250 e. The zero-order valence-corrected chi connectivity index (χ0v) is 18.2. The molecule has 6 heteroatoms. The number of amides is 1. The average molecular weight is 469 g/mol. The summed E-state index contributed by atoms with van der Waals surface area (Å²) < 4.78 is 6.82. The summed E-state index contributed by atoms with van der Waals surface area (Å²) >= 11 is 5.06. The van der Waals surface area contributed by atoms with Crippen molar-refractivity contribution in [1.82, 2.24) is 5.43 Å². The summed E-state index contributed by atoms with van der Waals surface area (Å²) in [6.45, 7) is 0.529. The van der Waals surface area contributed by atoms with Crippen molar-refractivity contribution in [2.75, 3.05) is 5.75 Å². The van der Waals surface area contributed by atoms with Crippen LogP contribution in [0.1, 0.15) is 16.7 Å². The van der Waals surface area contributed by atoms with E-state index < -0.39 is 0 Å². The number of hydrogen-bond acceptors (Lipinski definition) is 4. The Morgan fingerprint density at radius 1 is 1.00 bits per heavy atom. The molecule has 0 aliphatic rings. The van der Waals surface area contributed by atoms with Gasteiger partial charge in [0.05, 0.1) is 12.0 Å². The molecule has 0 saturated heterocycles. The SMILES string of the molecule is O=C(CSCc1ccccc1Br)N/N=C\c1ccc(OCc2ccccc2)cc1. The first-order valence-electron chi connectivity index (χ1n) is 9.10. The average Bonchev–Trinajstić information content (AvgIpc) is 2.75. The summed E-state index contributed by atoms with van der Waals surface area (Å²) in [7, 11) is 0. The Morgan fingerprint density at radius 3 is 2.48 bits per heavy atom. The van der Waals surface area contributed by atoms with Crippen LogP contribution >= 0.6 is 27.7 Å². The molecule has 0 aliphatic heterocycles. The third-order valence-corrected chi connectivity index (χ3v) is 5.73. The van der Waals surface area contributed by atoms with E-state index in [0.29, 0.717) is 12.4 Å². The lowest BCUT2D eigenvalue weighted by Crippen LogP contribution is -2.19. The van der Waals surface area contributed by atoms with Crippen molar-refractivity contribution < 1.29 is 9.53 Å². The zero-order valence-electron chi connectivity index (χ0n) is 15.8. The van der Waals surface area contributed by atoms with Gasteiger partial charge in [-0.15, -0.1) is 11.8 Å². The molecule has 3 aromatic rings. The second-order valence-corrected chi connectivity index (χ2v) is 8.06. The Hall–Kier alpha value is -2.57. The molecule has 0 spiro atoms. The highest BCUT2D eigenvalue weighted by Crippen LogP contribution is 2.21. The number of nitrogens with zero attached hydrogens (tertiary/aromatic N) is 1. The van der Waals surface area contributed by atoms with E-state index in [0.717, 1.165) is 27.1 Å². The molecular weight excluding hydrogens is 448 g/mol. The molecular formula is C23H21BrN2O2S. The minimum Gasteiger partial charge on any atom is -0.489 e. The summed E-state index contributed by atoms with van der Waals surface area (Å²) in [4.78, 5) is 11.9. The van der Waals surface area contributed by atoms with E-state index in [1.807, 2.05) is 78.9 Å². The van der Waals surface area contributed by atoms with Crippen molar-refractivity contribution >= 4 is 39.8 Å². The maximum absolute atomic E-state index is 11.9. The maximum Gasteiger partial charge on any atom is 0.250 e. The quantitative estimate of drug-likeness (QED) is 0.337. The van der Waals surface area contributed by atoms with Crippen LogP contribution < -0.4 is 10.2 Å². The van der Waals surface area contributed by atoms with E-state index in [9.17, 15) is 4.79 Å². The fraction of sp³-hybridized carbons (Fsp3) is 0.130. The summed E-state index contributed by atoms with van der Waals surface area (Å²) in [5.41, 5.74) is 5.74. The van der Waals surface area contributed by atoms with Crippen LogP contribution in [0.3, 0.4) is 0 Å². The molecule has 3 aromatic carbocycles. The highest BCUT2D eigenvalue weighted by Gasteiger charge is 2.03. The number of hydrogen-bond donors (Lipinski definition) is 1. The van der Waals surface area contributed by atoms with Gasteiger partial charge in [0.2, 0.25) is 5.91 Å². The van der Waals surface area contributed by atoms with Gasteiger partial charge in [0.1, 0.15) is 12.4 Å². The lowest BCUT2D eigenvalue weighted by atomic mass is 10.2. The lowest BCUT2D eigenvalue weighted by Gasteiger charge is -2.06. The fourth-order valence-electron chi connectivity index (χ4n) is 2.47. The first kappa shape index (κ1) is 21.1. The van der Waals surface area contributed by atoms with Crippen LogP contribution in [-0.2, 0) is 17.2 Å². The molecule has 0 atom stereocenters.